The van der Waals surface area contributed by atoms with Gasteiger partial charge >= 0.3 is 0 Å². The monoisotopic (exact) mass is 463 g/mol. The fourth-order valence-electron chi connectivity index (χ4n) is 2.29. The van der Waals surface area contributed by atoms with Crippen molar-refractivity contribution >= 4 is 45.3 Å². The minimum absolute atomic E-state index is 0.0510. The fourth-order valence-corrected chi connectivity index (χ4v) is 2.86. The number of nitrogens with zero attached hydrogens (tertiary/aromatic N) is 2. The van der Waals surface area contributed by atoms with Gasteiger partial charge in [-0.05, 0) is 36.4 Å². The molecule has 0 saturated carbocycles. The molecule has 0 aliphatic carbocycles. The standard InChI is InChI=1S/C18H11BrClN3O5/c19-10-1-5-16(24)14(7-10)18(25)22-21-9-12-3-6-17(28-12)13-8-11(23(26)27)2-4-15(13)20/h1-9,24H,(H,22,25). The number of nitrogens with one attached hydrogen (secondary N) is 1. The number of carbonyl (C=O) groups excluding carboxylic acids is 1. The Kier molecular flexibility index (Phi) is 5.76. The summed E-state index contributed by atoms with van der Waals surface area (Å²) in [4.78, 5) is 22.5. The van der Waals surface area contributed by atoms with E-state index in [0.717, 1.165) is 0 Å². The van der Waals surface area contributed by atoms with Crippen molar-refractivity contribution in [3.8, 4) is 17.1 Å². The molecule has 2 N–H and O–H groups in total. The summed E-state index contributed by atoms with van der Waals surface area (Å²) in [5.74, 6) is -0.192. The van der Waals surface area contributed by atoms with Crippen molar-refractivity contribution in [2.45, 2.75) is 0 Å². The molecule has 142 valence electrons. The number of halogens is 2. The first-order valence-corrected chi connectivity index (χ1v) is 8.88. The molecule has 0 bridgehead atoms. The van der Waals surface area contributed by atoms with Gasteiger partial charge in [0.1, 0.15) is 17.3 Å². The van der Waals surface area contributed by atoms with Crippen LogP contribution in [-0.2, 0) is 0 Å². The number of carbonyl (C=O) groups is 1. The summed E-state index contributed by atoms with van der Waals surface area (Å²) in [6.07, 6.45) is 1.25. The van der Waals surface area contributed by atoms with Gasteiger partial charge in [0.25, 0.3) is 11.6 Å². The number of furan rings is 1. The number of phenols is 1. The highest BCUT2D eigenvalue weighted by atomic mass is 79.9. The van der Waals surface area contributed by atoms with Crippen LogP contribution in [0.3, 0.4) is 0 Å². The Morgan fingerprint density at radius 2 is 2.04 bits per heavy atom. The van der Waals surface area contributed by atoms with Crippen LogP contribution in [-0.4, -0.2) is 22.2 Å². The number of aromatic hydroxyl groups is 1. The maximum absolute atomic E-state index is 12.1. The Morgan fingerprint density at radius 1 is 1.25 bits per heavy atom. The van der Waals surface area contributed by atoms with Crippen molar-refractivity contribution in [1.29, 1.82) is 0 Å². The van der Waals surface area contributed by atoms with Crippen molar-refractivity contribution in [3.63, 3.8) is 0 Å². The van der Waals surface area contributed by atoms with Gasteiger partial charge in [-0.15, -0.1) is 0 Å². The maximum Gasteiger partial charge on any atom is 0.275 e. The van der Waals surface area contributed by atoms with E-state index < -0.39 is 10.8 Å². The molecule has 2 aromatic carbocycles. The van der Waals surface area contributed by atoms with Crippen LogP contribution in [0.4, 0.5) is 5.69 Å². The van der Waals surface area contributed by atoms with Crippen molar-refractivity contribution < 1.29 is 19.2 Å². The molecule has 3 aromatic rings. The number of non-ortho nitro benzene ring substituents is 1. The number of phenolic OH excluding ortho intramolecular Hbond substituents is 1. The lowest BCUT2D eigenvalue weighted by Crippen LogP contribution is -2.17. The van der Waals surface area contributed by atoms with Gasteiger partial charge in [0.2, 0.25) is 0 Å². The van der Waals surface area contributed by atoms with Gasteiger partial charge in [0.15, 0.2) is 0 Å². The second-order valence-electron chi connectivity index (χ2n) is 5.48. The molecule has 1 heterocycles. The number of nitro benzene ring substituents is 1. The zero-order valence-electron chi connectivity index (χ0n) is 13.9. The molecule has 0 unspecified atom stereocenters. The van der Waals surface area contributed by atoms with Crippen LogP contribution in [0.5, 0.6) is 5.75 Å². The third kappa shape index (κ3) is 4.38. The number of amides is 1. The summed E-state index contributed by atoms with van der Waals surface area (Å²) >= 11 is 9.30. The molecule has 0 radical (unpaired) electrons. The van der Waals surface area contributed by atoms with E-state index in [-0.39, 0.29) is 22.8 Å². The van der Waals surface area contributed by atoms with Crippen molar-refractivity contribution in [3.05, 3.63) is 79.5 Å². The van der Waals surface area contributed by atoms with Gasteiger partial charge < -0.3 is 9.52 Å². The average molecular weight is 465 g/mol. The number of hydrazone groups is 1. The minimum atomic E-state index is -0.608. The summed E-state index contributed by atoms with van der Waals surface area (Å²) in [6, 6.07) is 11.6. The largest absolute Gasteiger partial charge is 0.507 e. The number of rotatable bonds is 5. The van der Waals surface area contributed by atoms with Crippen molar-refractivity contribution in [2.75, 3.05) is 0 Å². The first kappa shape index (κ1) is 19.6. The lowest BCUT2D eigenvalue weighted by Gasteiger charge is -2.03. The minimum Gasteiger partial charge on any atom is -0.507 e. The third-order valence-electron chi connectivity index (χ3n) is 3.61. The maximum atomic E-state index is 12.1. The molecule has 28 heavy (non-hydrogen) atoms. The van der Waals surface area contributed by atoms with E-state index in [0.29, 0.717) is 20.8 Å². The molecular formula is C18H11BrClN3O5. The highest BCUT2D eigenvalue weighted by Gasteiger charge is 2.14. The van der Waals surface area contributed by atoms with Crippen LogP contribution < -0.4 is 5.43 Å². The molecule has 1 aromatic heterocycles. The number of hydrogen-bond donors (Lipinski definition) is 2. The zero-order chi connectivity index (χ0) is 20.3. The highest BCUT2D eigenvalue weighted by molar-refractivity contribution is 9.10. The molecule has 0 aliphatic heterocycles. The predicted octanol–water partition coefficient (Wildman–Crippen LogP) is 4.74. The van der Waals surface area contributed by atoms with Gasteiger partial charge in [-0.3, -0.25) is 14.9 Å². The van der Waals surface area contributed by atoms with E-state index in [1.807, 2.05) is 0 Å². The molecule has 0 saturated heterocycles. The first-order chi connectivity index (χ1) is 13.3. The van der Waals surface area contributed by atoms with E-state index in [1.54, 1.807) is 18.2 Å². The SMILES string of the molecule is O=C(NN=Cc1ccc(-c2cc([N+](=O)[O-])ccc2Cl)o1)c1cc(Br)ccc1O. The van der Waals surface area contributed by atoms with Crippen LogP contribution in [0.1, 0.15) is 16.1 Å². The van der Waals surface area contributed by atoms with E-state index in [2.05, 4.69) is 26.5 Å². The summed E-state index contributed by atoms with van der Waals surface area (Å²) in [7, 11) is 0. The fraction of sp³-hybridized carbons (Fsp3) is 0. The van der Waals surface area contributed by atoms with Gasteiger partial charge in [0.05, 0.1) is 21.7 Å². The summed E-state index contributed by atoms with van der Waals surface area (Å²) in [5, 5.41) is 24.7. The van der Waals surface area contributed by atoms with Crippen molar-refractivity contribution in [2.24, 2.45) is 5.10 Å². The number of nitro groups is 1. The van der Waals surface area contributed by atoms with Crippen LogP contribution in [0.2, 0.25) is 5.02 Å². The Morgan fingerprint density at radius 3 is 2.79 bits per heavy atom. The molecule has 0 aliphatic rings. The van der Waals surface area contributed by atoms with Crippen molar-refractivity contribution in [1.82, 2.24) is 5.43 Å². The van der Waals surface area contributed by atoms with E-state index in [9.17, 15) is 20.0 Å². The van der Waals surface area contributed by atoms with Crippen LogP contribution in [0, 0.1) is 10.1 Å². The topological polar surface area (TPSA) is 118 Å². The zero-order valence-corrected chi connectivity index (χ0v) is 16.3. The van der Waals surface area contributed by atoms with Gasteiger partial charge in [-0.25, -0.2) is 5.43 Å². The normalized spacial score (nSPS) is 10.9. The molecule has 0 atom stereocenters. The third-order valence-corrected chi connectivity index (χ3v) is 4.44. The van der Waals surface area contributed by atoms with Crippen LogP contribution in [0.25, 0.3) is 11.3 Å². The van der Waals surface area contributed by atoms with Gasteiger partial charge in [-0.1, -0.05) is 27.5 Å². The molecular weight excluding hydrogens is 454 g/mol. The van der Waals surface area contributed by atoms with Crippen LogP contribution in [0.15, 0.2) is 62.5 Å². The molecule has 3 rings (SSSR count). The molecule has 1 amide bonds. The molecule has 0 spiro atoms. The summed E-state index contributed by atoms with van der Waals surface area (Å²) in [5.41, 5.74) is 2.57. The molecule has 8 nitrogen and oxygen atoms in total. The molecule has 0 fully saturated rings. The lowest BCUT2D eigenvalue weighted by molar-refractivity contribution is -0.384. The summed E-state index contributed by atoms with van der Waals surface area (Å²) < 4.78 is 6.18. The Labute approximate surface area is 171 Å². The van der Waals surface area contributed by atoms with Gasteiger partial charge in [-0.2, -0.15) is 5.10 Å². The number of benzene rings is 2. The van der Waals surface area contributed by atoms with E-state index >= 15 is 0 Å². The van der Waals surface area contributed by atoms with E-state index in [1.165, 1.54) is 36.5 Å². The van der Waals surface area contributed by atoms with Gasteiger partial charge in [0, 0.05) is 22.2 Å². The second kappa shape index (κ2) is 8.24. The molecule has 10 heteroatoms. The smallest absolute Gasteiger partial charge is 0.275 e. The summed E-state index contributed by atoms with van der Waals surface area (Å²) in [6.45, 7) is 0. The first-order valence-electron chi connectivity index (χ1n) is 7.71. The number of hydrogen-bond acceptors (Lipinski definition) is 6. The Hall–Kier alpha value is -3.17. The van der Waals surface area contributed by atoms with E-state index in [4.69, 9.17) is 16.0 Å². The quantitative estimate of drug-likeness (QED) is 0.321. The Bertz CT molecular complexity index is 1100. The predicted molar refractivity (Wildman–Crippen MR) is 107 cm³/mol. The average Bonchev–Trinajstić information content (AvgIpc) is 3.12. The van der Waals surface area contributed by atoms with Crippen LogP contribution >= 0.6 is 27.5 Å². The lowest BCUT2D eigenvalue weighted by atomic mass is 10.1. The second-order valence-corrected chi connectivity index (χ2v) is 6.81. The highest BCUT2D eigenvalue weighted by Crippen LogP contribution is 2.32. The Balaban J connectivity index is 1.74.